The first-order chi connectivity index (χ1) is 10.6. The largest absolute Gasteiger partial charge is 0.465 e. The van der Waals surface area contributed by atoms with E-state index in [1.807, 2.05) is 31.2 Å². The Kier molecular flexibility index (Phi) is 5.09. The second kappa shape index (κ2) is 7.22. The quantitative estimate of drug-likeness (QED) is 0.493. The lowest BCUT2D eigenvalue weighted by molar-refractivity contribution is -0.128. The Morgan fingerprint density at radius 3 is 2.41 bits per heavy atom. The van der Waals surface area contributed by atoms with Crippen LogP contribution in [0, 0.1) is 6.92 Å². The van der Waals surface area contributed by atoms with Crippen molar-refractivity contribution in [1.29, 1.82) is 0 Å². The van der Waals surface area contributed by atoms with Gasteiger partial charge in [0.1, 0.15) is 5.75 Å². The Labute approximate surface area is 129 Å². The molecule has 0 amide bonds. The zero-order valence-electron chi connectivity index (χ0n) is 12.4. The summed E-state index contributed by atoms with van der Waals surface area (Å²) in [5.74, 6) is -0.545. The minimum Gasteiger partial charge on any atom is -0.465 e. The van der Waals surface area contributed by atoms with Gasteiger partial charge in [0.15, 0.2) is 0 Å². The maximum atomic E-state index is 11.7. The first kappa shape index (κ1) is 15.5. The van der Waals surface area contributed by atoms with E-state index in [0.29, 0.717) is 11.3 Å². The fraction of sp³-hybridized carbons (Fsp3) is 0.111. The van der Waals surface area contributed by atoms with E-state index >= 15 is 0 Å². The number of ether oxygens (including phenoxy) is 2. The highest BCUT2D eigenvalue weighted by molar-refractivity contribution is 5.90. The van der Waals surface area contributed by atoms with Gasteiger partial charge in [-0.25, -0.2) is 9.59 Å². The van der Waals surface area contributed by atoms with Crippen LogP contribution in [0.3, 0.4) is 0 Å². The number of esters is 2. The van der Waals surface area contributed by atoms with Gasteiger partial charge in [-0.3, -0.25) is 0 Å². The molecular weight excluding hydrogens is 280 g/mol. The maximum absolute atomic E-state index is 11.7. The number of carbonyl (C=O) groups excluding carboxylic acids is 2. The van der Waals surface area contributed by atoms with Gasteiger partial charge in [-0.05, 0) is 42.8 Å². The van der Waals surface area contributed by atoms with Gasteiger partial charge < -0.3 is 9.47 Å². The van der Waals surface area contributed by atoms with Crippen molar-refractivity contribution in [3.8, 4) is 5.75 Å². The fourth-order valence-corrected chi connectivity index (χ4v) is 1.87. The van der Waals surface area contributed by atoms with E-state index in [1.165, 1.54) is 13.2 Å². The molecule has 0 radical (unpaired) electrons. The predicted octanol–water partition coefficient (Wildman–Crippen LogP) is 3.40. The molecule has 0 saturated heterocycles. The number of methoxy groups -OCH3 is 1. The summed E-state index contributed by atoms with van der Waals surface area (Å²) >= 11 is 0. The van der Waals surface area contributed by atoms with Crippen molar-refractivity contribution >= 4 is 18.0 Å². The second-order valence-corrected chi connectivity index (χ2v) is 4.68. The van der Waals surface area contributed by atoms with E-state index < -0.39 is 11.9 Å². The van der Waals surface area contributed by atoms with Crippen molar-refractivity contribution in [2.24, 2.45) is 0 Å². The lowest BCUT2D eigenvalue weighted by Gasteiger charge is -2.03. The van der Waals surface area contributed by atoms with Gasteiger partial charge in [0, 0.05) is 6.08 Å². The maximum Gasteiger partial charge on any atom is 0.337 e. The number of rotatable bonds is 4. The Morgan fingerprint density at radius 1 is 1.05 bits per heavy atom. The monoisotopic (exact) mass is 296 g/mol. The molecule has 4 heteroatoms. The lowest BCUT2D eigenvalue weighted by Crippen LogP contribution is -2.05. The van der Waals surface area contributed by atoms with Gasteiger partial charge >= 0.3 is 11.9 Å². The fourth-order valence-electron chi connectivity index (χ4n) is 1.87. The highest BCUT2D eigenvalue weighted by Crippen LogP contribution is 2.13. The third kappa shape index (κ3) is 4.31. The summed E-state index contributed by atoms with van der Waals surface area (Å²) in [7, 11) is 1.31. The predicted molar refractivity (Wildman–Crippen MR) is 83.6 cm³/mol. The van der Waals surface area contributed by atoms with Crippen molar-refractivity contribution in [2.75, 3.05) is 7.11 Å². The molecule has 0 aliphatic heterocycles. The molecule has 0 aliphatic rings. The zero-order chi connectivity index (χ0) is 15.9. The van der Waals surface area contributed by atoms with Crippen LogP contribution in [0.25, 0.3) is 6.08 Å². The topological polar surface area (TPSA) is 52.6 Å². The van der Waals surface area contributed by atoms with Crippen molar-refractivity contribution in [2.45, 2.75) is 6.92 Å². The van der Waals surface area contributed by atoms with Crippen molar-refractivity contribution in [3.63, 3.8) is 0 Å². The van der Waals surface area contributed by atoms with Crippen LogP contribution < -0.4 is 4.74 Å². The Hall–Kier alpha value is -2.88. The van der Waals surface area contributed by atoms with Crippen molar-refractivity contribution in [3.05, 3.63) is 71.3 Å². The Morgan fingerprint density at radius 2 is 1.77 bits per heavy atom. The van der Waals surface area contributed by atoms with E-state index in [1.54, 1.807) is 30.3 Å². The molecule has 2 aromatic carbocycles. The van der Waals surface area contributed by atoms with E-state index in [9.17, 15) is 9.59 Å². The number of hydrogen-bond acceptors (Lipinski definition) is 4. The van der Waals surface area contributed by atoms with Gasteiger partial charge in [0.2, 0.25) is 0 Å². The smallest absolute Gasteiger partial charge is 0.337 e. The average molecular weight is 296 g/mol. The van der Waals surface area contributed by atoms with Crippen LogP contribution in [-0.2, 0) is 9.53 Å². The van der Waals surface area contributed by atoms with E-state index in [2.05, 4.69) is 4.74 Å². The van der Waals surface area contributed by atoms with Crippen LogP contribution >= 0.6 is 0 Å². The van der Waals surface area contributed by atoms with E-state index in [-0.39, 0.29) is 0 Å². The van der Waals surface area contributed by atoms with E-state index in [4.69, 9.17) is 4.74 Å². The van der Waals surface area contributed by atoms with Crippen LogP contribution in [0.2, 0.25) is 0 Å². The molecule has 2 rings (SSSR count). The second-order valence-electron chi connectivity index (χ2n) is 4.68. The van der Waals surface area contributed by atoms with Gasteiger partial charge in [0.05, 0.1) is 12.7 Å². The zero-order valence-corrected chi connectivity index (χ0v) is 12.4. The van der Waals surface area contributed by atoms with Gasteiger partial charge in [-0.2, -0.15) is 0 Å². The molecule has 0 aromatic heterocycles. The molecule has 0 aliphatic carbocycles. The third-order valence-corrected chi connectivity index (χ3v) is 2.95. The van der Waals surface area contributed by atoms with Crippen LogP contribution in [-0.4, -0.2) is 19.0 Å². The normalized spacial score (nSPS) is 10.5. The standard InChI is InChI=1S/C18H16O4/c1-13-4-3-5-14(12-13)6-11-17(19)22-16-9-7-15(8-10-16)18(20)21-2/h3-12H,1-2H3/b11-6+. The van der Waals surface area contributed by atoms with Crippen LogP contribution in [0.1, 0.15) is 21.5 Å². The summed E-state index contributed by atoms with van der Waals surface area (Å²) < 4.78 is 9.75. The number of aryl methyl sites for hydroxylation is 1. The van der Waals surface area contributed by atoms with Crippen molar-refractivity contribution < 1.29 is 19.1 Å². The molecule has 0 heterocycles. The van der Waals surface area contributed by atoms with Gasteiger partial charge in [-0.15, -0.1) is 0 Å². The molecule has 0 N–H and O–H groups in total. The molecule has 2 aromatic rings. The molecule has 0 fully saturated rings. The molecule has 112 valence electrons. The van der Waals surface area contributed by atoms with Crippen LogP contribution in [0.4, 0.5) is 0 Å². The highest BCUT2D eigenvalue weighted by atomic mass is 16.5. The Balaban J connectivity index is 1.98. The molecule has 0 spiro atoms. The molecule has 0 saturated carbocycles. The molecule has 4 nitrogen and oxygen atoms in total. The molecule has 0 bridgehead atoms. The number of hydrogen-bond donors (Lipinski definition) is 0. The minimum absolute atomic E-state index is 0.367. The molecular formula is C18H16O4. The summed E-state index contributed by atoms with van der Waals surface area (Å²) in [5.41, 5.74) is 2.45. The summed E-state index contributed by atoms with van der Waals surface area (Å²) in [5, 5.41) is 0. The molecule has 22 heavy (non-hydrogen) atoms. The minimum atomic E-state index is -0.479. The van der Waals surface area contributed by atoms with Gasteiger partial charge in [-0.1, -0.05) is 29.8 Å². The first-order valence-corrected chi connectivity index (χ1v) is 6.73. The summed E-state index contributed by atoms with van der Waals surface area (Å²) in [6, 6.07) is 14.0. The van der Waals surface area contributed by atoms with Crippen molar-refractivity contribution in [1.82, 2.24) is 0 Å². The third-order valence-electron chi connectivity index (χ3n) is 2.95. The van der Waals surface area contributed by atoms with Crippen LogP contribution in [0.15, 0.2) is 54.6 Å². The SMILES string of the molecule is COC(=O)c1ccc(OC(=O)/C=C/c2cccc(C)c2)cc1. The summed E-state index contributed by atoms with van der Waals surface area (Å²) in [6.07, 6.45) is 3.06. The molecule has 0 unspecified atom stereocenters. The van der Waals surface area contributed by atoms with Crippen LogP contribution in [0.5, 0.6) is 5.75 Å². The summed E-state index contributed by atoms with van der Waals surface area (Å²) in [4.78, 5) is 23.0. The molecule has 0 atom stereocenters. The Bertz CT molecular complexity index is 699. The summed E-state index contributed by atoms with van der Waals surface area (Å²) in [6.45, 7) is 1.98. The first-order valence-electron chi connectivity index (χ1n) is 6.73. The van der Waals surface area contributed by atoms with E-state index in [0.717, 1.165) is 11.1 Å². The van der Waals surface area contributed by atoms with Gasteiger partial charge in [0.25, 0.3) is 0 Å². The number of carbonyl (C=O) groups is 2. The highest BCUT2D eigenvalue weighted by Gasteiger charge is 2.06. The average Bonchev–Trinajstić information content (AvgIpc) is 2.53. The number of benzene rings is 2. The lowest BCUT2D eigenvalue weighted by atomic mass is 10.1.